The third-order valence-electron chi connectivity index (χ3n) is 1.31. The quantitative estimate of drug-likeness (QED) is 0.555. The van der Waals surface area contributed by atoms with Crippen molar-refractivity contribution in [2.75, 3.05) is 0 Å². The van der Waals surface area contributed by atoms with Crippen molar-refractivity contribution in [2.45, 2.75) is 11.0 Å². The summed E-state index contributed by atoms with van der Waals surface area (Å²) in [6.07, 6.45) is 0. The van der Waals surface area contributed by atoms with E-state index in [1.54, 1.807) is 0 Å². The lowest BCUT2D eigenvalue weighted by atomic mass is 10.2. The molecule has 0 atom stereocenters. The maximum Gasteiger partial charge on any atom is 0.502 e. The van der Waals surface area contributed by atoms with Crippen molar-refractivity contribution in [2.24, 2.45) is 0 Å². The molecule has 0 unspecified atom stereocenters. The molecule has 0 aromatic heterocycles. The zero-order valence-corrected chi connectivity index (χ0v) is 9.13. The number of hydrogen-bond acceptors (Lipinski definition) is 4. The van der Waals surface area contributed by atoms with E-state index in [0.29, 0.717) is 0 Å². The van der Waals surface area contributed by atoms with Crippen molar-refractivity contribution in [3.8, 4) is 0 Å². The van der Waals surface area contributed by atoms with Gasteiger partial charge in [-0.05, 0) is 1.34 Å². The van der Waals surface area contributed by atoms with Crippen LogP contribution < -0.4 is 0 Å². The average Bonchev–Trinajstić information content (AvgIpc) is 2.09. The highest BCUT2D eigenvalue weighted by Gasteiger charge is 2.59. The highest BCUT2D eigenvalue weighted by atomic mass is 32.3. The molecule has 0 aliphatic carbocycles. The second kappa shape index (κ2) is 4.19. The van der Waals surface area contributed by atoms with Crippen LogP contribution in [0.4, 0.5) is 26.3 Å². The lowest BCUT2D eigenvalue weighted by Gasteiger charge is -2.13. The zero-order chi connectivity index (χ0) is 15.0. The predicted octanol–water partition coefficient (Wildman–Crippen LogP) is 0.288. The fourth-order valence-electron chi connectivity index (χ4n) is 0.592. The number of rotatable bonds is 3. The van der Waals surface area contributed by atoms with Crippen LogP contribution in [0.15, 0.2) is 10.2 Å². The molecule has 13 heteroatoms. The second-order valence-corrected chi connectivity index (χ2v) is 6.50. The first kappa shape index (κ1) is 14.3. The predicted molar refractivity (Wildman–Crippen MR) is 46.6 cm³/mol. The van der Waals surface area contributed by atoms with E-state index in [1.165, 1.54) is 0 Å². The summed E-state index contributed by atoms with van der Waals surface area (Å²) in [4.78, 5) is 0. The Kier molecular flexibility index (Phi) is 3.54. The summed E-state index contributed by atoms with van der Waals surface area (Å²) in [5.74, 6) is -0.481. The highest BCUT2D eigenvalue weighted by Crippen LogP contribution is 2.38. The summed E-state index contributed by atoms with van der Waals surface area (Å²) in [6.45, 7) is 0. The smallest absolute Gasteiger partial charge is 0.214 e. The van der Waals surface area contributed by atoms with E-state index in [-0.39, 0.29) is 0 Å². The van der Waals surface area contributed by atoms with Crippen LogP contribution in [0.3, 0.4) is 0 Å². The van der Waals surface area contributed by atoms with Gasteiger partial charge in [0.05, 0.1) is 0 Å². The van der Waals surface area contributed by atoms with Crippen molar-refractivity contribution in [1.82, 2.24) is 0 Å². The third kappa shape index (κ3) is 2.76. The molecule has 0 amide bonds. The summed E-state index contributed by atoms with van der Waals surface area (Å²) in [5, 5.41) is 0. The van der Waals surface area contributed by atoms with Crippen molar-refractivity contribution in [1.29, 1.82) is 1.34 Å². The van der Waals surface area contributed by atoms with E-state index in [1.807, 2.05) is 0 Å². The van der Waals surface area contributed by atoms with Crippen LogP contribution in [-0.4, -0.2) is 37.0 Å². The van der Waals surface area contributed by atoms with Gasteiger partial charge in [0.15, 0.2) is 4.24 Å². The van der Waals surface area contributed by atoms with Crippen molar-refractivity contribution in [3.63, 3.8) is 0 Å². The maximum atomic E-state index is 12.0. The molecule has 0 saturated carbocycles. The van der Waals surface area contributed by atoms with E-state index in [0.717, 1.165) is 0 Å². The van der Waals surface area contributed by atoms with Crippen LogP contribution in [0, 0.1) is 0 Å². The number of halogens is 6. The molecular formula is C4H3BF6O4S2. The van der Waals surface area contributed by atoms with Crippen LogP contribution in [0.25, 0.3) is 0 Å². The van der Waals surface area contributed by atoms with E-state index < -0.39 is 48.7 Å². The molecular weight excluding hydrogens is 301 g/mol. The summed E-state index contributed by atoms with van der Waals surface area (Å²) in [6, 6.07) is 0. The molecule has 0 rings (SSSR count). The van der Waals surface area contributed by atoms with Crippen LogP contribution >= 0.6 is 0 Å². The largest absolute Gasteiger partial charge is 0.502 e. The van der Waals surface area contributed by atoms with Gasteiger partial charge in [0, 0.05) is 0 Å². The molecule has 0 saturated heterocycles. The summed E-state index contributed by atoms with van der Waals surface area (Å²) in [5.41, 5.74) is -12.4. The van der Waals surface area contributed by atoms with Gasteiger partial charge >= 0.3 is 11.0 Å². The average molecular weight is 305 g/mol. The first-order chi connectivity index (χ1) is 7.69. The molecule has 4 nitrogen and oxygen atoms in total. The highest BCUT2D eigenvalue weighted by molar-refractivity contribution is 8.15. The minimum atomic E-state index is -6.71. The normalized spacial score (nSPS) is 15.1. The van der Waals surface area contributed by atoms with E-state index in [4.69, 9.17) is 1.34 Å². The minimum absolute atomic E-state index is 0.481. The fourth-order valence-corrected chi connectivity index (χ4v) is 3.21. The lowest BCUT2D eigenvalue weighted by molar-refractivity contribution is -0.0443. The van der Waals surface area contributed by atoms with Crippen molar-refractivity contribution < 1.29 is 43.2 Å². The molecule has 100 valence electrons. The molecule has 0 bridgehead atoms. The van der Waals surface area contributed by atoms with Crippen LogP contribution in [0.1, 0.15) is 0 Å². The Morgan fingerprint density at radius 2 is 1.24 bits per heavy atom. The SMILES string of the molecule is [2H]BC=C(S(=O)(=O)C(F)(F)F)S(=O)(=O)C(F)(F)F. The van der Waals surface area contributed by atoms with E-state index in [2.05, 4.69) is 0 Å². The first-order valence-corrected chi connectivity index (χ1v) is 6.28. The summed E-state index contributed by atoms with van der Waals surface area (Å²) >= 11 is 0. The van der Waals surface area contributed by atoms with E-state index in [9.17, 15) is 43.2 Å². The molecule has 0 radical (unpaired) electrons. The van der Waals surface area contributed by atoms with Crippen molar-refractivity contribution in [3.05, 3.63) is 10.2 Å². The van der Waals surface area contributed by atoms with Gasteiger partial charge in [-0.2, -0.15) is 26.3 Å². The number of alkyl halides is 6. The molecule has 0 aliphatic heterocycles. The topological polar surface area (TPSA) is 68.3 Å². The Morgan fingerprint density at radius 3 is 1.41 bits per heavy atom. The first-order valence-electron chi connectivity index (χ1n) is 4.02. The van der Waals surface area contributed by atoms with Gasteiger partial charge in [0.1, 0.15) is 7.81 Å². The van der Waals surface area contributed by atoms with Crippen molar-refractivity contribution >= 4 is 27.5 Å². The van der Waals surface area contributed by atoms with Gasteiger partial charge in [0.2, 0.25) is 0 Å². The molecule has 0 spiro atoms. The molecule has 0 aromatic rings. The van der Waals surface area contributed by atoms with Gasteiger partial charge in [-0.15, -0.1) is 0 Å². The minimum Gasteiger partial charge on any atom is -0.214 e. The number of hydrogen-bond donors (Lipinski definition) is 0. The van der Waals surface area contributed by atoms with Gasteiger partial charge in [-0.25, -0.2) is 16.8 Å². The zero-order valence-electron chi connectivity index (χ0n) is 8.50. The van der Waals surface area contributed by atoms with Gasteiger partial charge in [0.25, 0.3) is 19.7 Å². The third-order valence-corrected chi connectivity index (χ3v) is 5.23. The van der Waals surface area contributed by atoms with Crippen LogP contribution in [0.5, 0.6) is 0 Å². The molecule has 0 fully saturated rings. The Labute approximate surface area is 93.9 Å². The summed E-state index contributed by atoms with van der Waals surface area (Å²) in [7, 11) is -14.8. The molecule has 0 aromatic carbocycles. The standard InChI is InChI=1S/C4H3BF6O4S2/c5-1-2(16(12,13)3(6,7)8)17(14,15)4(9,10)11/h1H,5H2/i5D. The number of sulfone groups is 2. The fraction of sp³-hybridized carbons (Fsp3) is 0.500. The molecule has 0 N–H and O–H groups in total. The Bertz CT molecular complexity index is 497. The second-order valence-electron chi connectivity index (χ2n) is 2.42. The van der Waals surface area contributed by atoms with Gasteiger partial charge < -0.3 is 0 Å². The van der Waals surface area contributed by atoms with Crippen LogP contribution in [0.2, 0.25) is 0 Å². The Hall–Kier alpha value is -0.715. The summed E-state index contributed by atoms with van der Waals surface area (Å²) < 4.78 is 118. The van der Waals surface area contributed by atoms with Gasteiger partial charge in [-0.1, -0.05) is 5.98 Å². The van der Waals surface area contributed by atoms with E-state index >= 15 is 0 Å². The molecule has 0 heterocycles. The maximum absolute atomic E-state index is 12.0. The van der Waals surface area contributed by atoms with Gasteiger partial charge in [-0.3, -0.25) is 0 Å². The Morgan fingerprint density at radius 1 is 0.941 bits per heavy atom. The Balaban J connectivity index is 6.24. The monoisotopic (exact) mass is 305 g/mol. The molecule has 17 heavy (non-hydrogen) atoms. The van der Waals surface area contributed by atoms with Crippen LogP contribution in [-0.2, 0) is 19.7 Å². The molecule has 0 aliphatic rings. The lowest BCUT2D eigenvalue weighted by Crippen LogP contribution is -2.34.